The highest BCUT2D eigenvalue weighted by atomic mass is 32.2. The van der Waals surface area contributed by atoms with Gasteiger partial charge in [0, 0.05) is 12.5 Å². The SMILES string of the molecule is C=CCC1(CC=C)C(COC(C)=O)=C(C(=O)OC(c2ccccc2)c2ccccc2)N2C(=O)[C@@H](NC(=O)COc3ccccc3)[C@H]2S1=O. The highest BCUT2D eigenvalue weighted by Crippen LogP contribution is 2.48. The molecule has 5 rings (SSSR count). The number of fused-ring (bicyclic) bond motifs is 1. The molecular weight excluding hydrogens is 632 g/mol. The van der Waals surface area contributed by atoms with Crippen LogP contribution in [0, 0.1) is 0 Å². The first-order valence-corrected chi connectivity index (χ1v) is 16.5. The molecule has 2 heterocycles. The molecule has 1 saturated heterocycles. The quantitative estimate of drug-likeness (QED) is 0.151. The summed E-state index contributed by atoms with van der Waals surface area (Å²) in [6.45, 7) is 8.10. The van der Waals surface area contributed by atoms with Crippen molar-refractivity contribution in [2.45, 2.75) is 42.0 Å². The van der Waals surface area contributed by atoms with Gasteiger partial charge in [-0.1, -0.05) is 91.0 Å². The fraction of sp³-hybridized carbons (Fsp3) is 0.243. The molecular formula is C37H36N2O8S. The van der Waals surface area contributed by atoms with E-state index in [4.69, 9.17) is 14.2 Å². The number of amides is 2. The minimum absolute atomic E-state index is 0.0795. The second-order valence-corrected chi connectivity index (χ2v) is 13.1. The topological polar surface area (TPSA) is 128 Å². The minimum Gasteiger partial charge on any atom is -0.484 e. The molecule has 1 unspecified atom stereocenters. The molecule has 10 nitrogen and oxygen atoms in total. The molecule has 248 valence electrons. The molecule has 0 radical (unpaired) electrons. The van der Waals surface area contributed by atoms with E-state index < -0.39 is 70.0 Å². The van der Waals surface area contributed by atoms with Gasteiger partial charge in [-0.05, 0) is 36.1 Å². The zero-order valence-electron chi connectivity index (χ0n) is 26.4. The third-order valence-electron chi connectivity index (χ3n) is 8.14. The summed E-state index contributed by atoms with van der Waals surface area (Å²) in [4.78, 5) is 54.4. The second-order valence-electron chi connectivity index (χ2n) is 11.2. The summed E-state index contributed by atoms with van der Waals surface area (Å²) in [6.07, 6.45) is 2.38. The van der Waals surface area contributed by atoms with Crippen molar-refractivity contribution in [3.05, 3.63) is 139 Å². The zero-order chi connectivity index (χ0) is 34.3. The predicted octanol–water partition coefficient (Wildman–Crippen LogP) is 4.52. The number of nitrogens with one attached hydrogen (secondary N) is 1. The molecule has 3 atom stereocenters. The van der Waals surface area contributed by atoms with E-state index in [0.29, 0.717) is 16.9 Å². The van der Waals surface area contributed by atoms with Gasteiger partial charge in [-0.15, -0.1) is 13.2 Å². The van der Waals surface area contributed by atoms with E-state index in [0.717, 1.165) is 4.90 Å². The highest BCUT2D eigenvalue weighted by molar-refractivity contribution is 7.87. The number of ether oxygens (including phenoxy) is 3. The Hall–Kier alpha value is -5.29. The largest absolute Gasteiger partial charge is 0.484 e. The van der Waals surface area contributed by atoms with Crippen molar-refractivity contribution in [1.82, 2.24) is 10.2 Å². The van der Waals surface area contributed by atoms with Crippen LogP contribution in [0.1, 0.15) is 37.0 Å². The molecule has 2 aliphatic heterocycles. The number of nitrogens with zero attached hydrogens (tertiary/aromatic N) is 1. The first-order valence-electron chi connectivity index (χ1n) is 15.3. The summed E-state index contributed by atoms with van der Waals surface area (Å²) in [5.74, 6) is -2.35. The van der Waals surface area contributed by atoms with Crippen LogP contribution in [0.4, 0.5) is 0 Å². The molecule has 0 aliphatic carbocycles. The molecule has 48 heavy (non-hydrogen) atoms. The molecule has 2 amide bonds. The normalized spacial score (nSPS) is 19.4. The summed E-state index contributed by atoms with van der Waals surface area (Å²) in [5.41, 5.74) is 1.30. The van der Waals surface area contributed by atoms with Crippen molar-refractivity contribution in [3.63, 3.8) is 0 Å². The van der Waals surface area contributed by atoms with Crippen molar-refractivity contribution in [2.24, 2.45) is 0 Å². The van der Waals surface area contributed by atoms with Crippen molar-refractivity contribution in [3.8, 4) is 5.75 Å². The van der Waals surface area contributed by atoms with Crippen LogP contribution in [-0.2, 0) is 39.5 Å². The van der Waals surface area contributed by atoms with Gasteiger partial charge < -0.3 is 19.5 Å². The van der Waals surface area contributed by atoms with Crippen LogP contribution in [0.5, 0.6) is 5.75 Å². The van der Waals surface area contributed by atoms with Crippen molar-refractivity contribution in [1.29, 1.82) is 0 Å². The number of allylic oxidation sites excluding steroid dienone is 2. The lowest BCUT2D eigenvalue weighted by Crippen LogP contribution is -2.76. The van der Waals surface area contributed by atoms with Crippen LogP contribution < -0.4 is 10.1 Å². The van der Waals surface area contributed by atoms with E-state index in [2.05, 4.69) is 18.5 Å². The Morgan fingerprint density at radius 1 is 0.917 bits per heavy atom. The first-order chi connectivity index (χ1) is 23.2. The standard InChI is InChI=1S/C37H36N2O8S/c1-4-21-37(22-5-2)29(23-45-25(3)40)32(36(43)47-33(26-15-9-6-10-16-26)27-17-11-7-12-18-27)39-34(42)31(35(39)48(37)44)38-30(41)24-46-28-19-13-8-14-20-28/h4-20,31,33,35H,1-2,21-24H2,3H3,(H,38,41)/t31-,35-,48?/m1/s1. The van der Waals surface area contributed by atoms with E-state index in [1.807, 2.05) is 60.7 Å². The van der Waals surface area contributed by atoms with Gasteiger partial charge in [-0.3, -0.25) is 23.5 Å². The Morgan fingerprint density at radius 3 is 1.98 bits per heavy atom. The Morgan fingerprint density at radius 2 is 1.46 bits per heavy atom. The van der Waals surface area contributed by atoms with Gasteiger partial charge in [0.25, 0.3) is 11.8 Å². The van der Waals surface area contributed by atoms with E-state index in [-0.39, 0.29) is 24.1 Å². The average Bonchev–Trinajstić information content (AvgIpc) is 3.10. The average molecular weight is 669 g/mol. The number of esters is 2. The lowest BCUT2D eigenvalue weighted by Gasteiger charge is -2.54. The van der Waals surface area contributed by atoms with Gasteiger partial charge in [0.2, 0.25) is 0 Å². The van der Waals surface area contributed by atoms with E-state index in [1.165, 1.54) is 6.92 Å². The molecule has 0 spiro atoms. The van der Waals surface area contributed by atoms with Crippen molar-refractivity contribution < 1.29 is 37.6 Å². The molecule has 0 saturated carbocycles. The van der Waals surface area contributed by atoms with E-state index in [1.54, 1.807) is 42.5 Å². The third-order valence-corrected chi connectivity index (χ3v) is 10.4. The van der Waals surface area contributed by atoms with Crippen LogP contribution in [0.3, 0.4) is 0 Å². The molecule has 0 bridgehead atoms. The maximum Gasteiger partial charge on any atom is 0.356 e. The fourth-order valence-electron chi connectivity index (χ4n) is 5.95. The molecule has 1 fully saturated rings. The summed E-state index contributed by atoms with van der Waals surface area (Å²) in [6, 6.07) is 25.7. The Labute approximate surface area is 281 Å². The van der Waals surface area contributed by atoms with E-state index >= 15 is 0 Å². The fourth-order valence-corrected chi connectivity index (χ4v) is 8.21. The van der Waals surface area contributed by atoms with Gasteiger partial charge in [-0.25, -0.2) is 4.79 Å². The van der Waals surface area contributed by atoms with Crippen LogP contribution in [0.25, 0.3) is 0 Å². The number of benzene rings is 3. The predicted molar refractivity (Wildman–Crippen MR) is 179 cm³/mol. The maximum absolute atomic E-state index is 14.6. The lowest BCUT2D eigenvalue weighted by molar-refractivity contribution is -0.155. The highest BCUT2D eigenvalue weighted by Gasteiger charge is 2.64. The molecule has 3 aromatic carbocycles. The van der Waals surface area contributed by atoms with Gasteiger partial charge in [-0.2, -0.15) is 0 Å². The monoisotopic (exact) mass is 668 g/mol. The van der Waals surface area contributed by atoms with Gasteiger partial charge in [0.15, 0.2) is 12.7 Å². The number of hydrogen-bond acceptors (Lipinski definition) is 8. The number of carbonyl (C=O) groups excluding carboxylic acids is 4. The molecule has 1 N–H and O–H groups in total. The molecule has 11 heteroatoms. The summed E-state index contributed by atoms with van der Waals surface area (Å²) < 4.78 is 30.4. The zero-order valence-corrected chi connectivity index (χ0v) is 27.2. The lowest BCUT2D eigenvalue weighted by atomic mass is 9.87. The maximum atomic E-state index is 14.6. The summed E-state index contributed by atoms with van der Waals surface area (Å²) >= 11 is 0. The Kier molecular flexibility index (Phi) is 10.7. The van der Waals surface area contributed by atoms with Crippen LogP contribution in [0.2, 0.25) is 0 Å². The number of β-lactam (4-membered cyclic amide) rings is 1. The number of hydrogen-bond donors (Lipinski definition) is 1. The number of carbonyl (C=O) groups is 4. The summed E-state index contributed by atoms with van der Waals surface area (Å²) in [7, 11) is -1.95. The van der Waals surface area contributed by atoms with Crippen molar-refractivity contribution in [2.75, 3.05) is 13.2 Å². The van der Waals surface area contributed by atoms with Crippen LogP contribution in [-0.4, -0.2) is 62.2 Å². The Balaban J connectivity index is 1.56. The van der Waals surface area contributed by atoms with Gasteiger partial charge in [0.1, 0.15) is 29.5 Å². The molecule has 2 aliphatic rings. The molecule has 0 aromatic heterocycles. The third kappa shape index (κ3) is 6.86. The van der Waals surface area contributed by atoms with Crippen LogP contribution in [0.15, 0.2) is 128 Å². The van der Waals surface area contributed by atoms with Gasteiger partial charge in [0.05, 0.1) is 15.5 Å². The Bertz CT molecular complexity index is 1690. The number of rotatable bonds is 14. The van der Waals surface area contributed by atoms with Crippen LogP contribution >= 0.6 is 0 Å². The molecule has 3 aromatic rings. The minimum atomic E-state index is -1.95. The first kappa shape index (κ1) is 34.1. The van der Waals surface area contributed by atoms with Crippen molar-refractivity contribution >= 4 is 34.6 Å². The second kappa shape index (κ2) is 15.1. The smallest absolute Gasteiger partial charge is 0.356 e. The van der Waals surface area contributed by atoms with E-state index in [9.17, 15) is 23.4 Å². The number of para-hydroxylation sites is 1. The summed E-state index contributed by atoms with van der Waals surface area (Å²) in [5, 5.41) is 1.50. The van der Waals surface area contributed by atoms with Gasteiger partial charge >= 0.3 is 11.9 Å².